The Morgan fingerprint density at radius 1 is 1.53 bits per heavy atom. The summed E-state index contributed by atoms with van der Waals surface area (Å²) in [4.78, 5) is 25.4. The summed E-state index contributed by atoms with van der Waals surface area (Å²) in [6, 6.07) is 2.17. The summed E-state index contributed by atoms with van der Waals surface area (Å²) in [5.74, 6) is -1.04. The van der Waals surface area contributed by atoms with Gasteiger partial charge in [0.15, 0.2) is 5.96 Å². The van der Waals surface area contributed by atoms with Crippen molar-refractivity contribution in [1.82, 2.24) is 20.2 Å². The second kappa shape index (κ2) is 7.43. The first-order valence-corrected chi connectivity index (χ1v) is 10.5. The summed E-state index contributed by atoms with van der Waals surface area (Å²) >= 11 is 1.42. The van der Waals surface area contributed by atoms with Gasteiger partial charge in [-0.1, -0.05) is 6.08 Å². The number of carbonyl (C=O) groups excluding carboxylic acids is 1. The number of ether oxygens (including phenoxy) is 1. The molecule has 3 aliphatic heterocycles. The normalized spacial score (nSPS) is 28.2. The highest BCUT2D eigenvalue weighted by atomic mass is 32.2. The predicted molar refractivity (Wildman–Crippen MR) is 110 cm³/mol. The molecule has 0 aromatic carbocycles. The van der Waals surface area contributed by atoms with Gasteiger partial charge in [-0.05, 0) is 20.3 Å². The number of fused-ring (bicyclic) bond motifs is 1. The summed E-state index contributed by atoms with van der Waals surface area (Å²) < 4.78 is 19.6. The summed E-state index contributed by atoms with van der Waals surface area (Å²) in [5, 5.41) is 20.7. The lowest BCUT2D eigenvalue weighted by atomic mass is 9.80. The lowest BCUT2D eigenvalue weighted by Crippen LogP contribution is -2.70. The highest BCUT2D eigenvalue weighted by molar-refractivity contribution is 8.04. The fourth-order valence-corrected chi connectivity index (χ4v) is 5.50. The average molecular weight is 431 g/mol. The third-order valence-electron chi connectivity index (χ3n) is 5.80. The molecular formula is C19H22FN7O2S. The van der Waals surface area contributed by atoms with Crippen LogP contribution >= 0.6 is 11.8 Å². The highest BCUT2D eigenvalue weighted by Crippen LogP contribution is 2.47. The number of aromatic nitrogens is 2. The number of nitrogens with one attached hydrogen (secondary N) is 2. The van der Waals surface area contributed by atoms with Crippen molar-refractivity contribution in [3.8, 4) is 11.9 Å². The van der Waals surface area contributed by atoms with Crippen LogP contribution in [0.15, 0.2) is 11.0 Å². The molecule has 2 N–H and O–H groups in total. The van der Waals surface area contributed by atoms with E-state index in [1.54, 1.807) is 20.9 Å². The third kappa shape index (κ3) is 3.06. The number of halogens is 1. The number of aryl methyl sites for hydroxylation is 1. The zero-order chi connectivity index (χ0) is 21.6. The minimum atomic E-state index is -0.766. The van der Waals surface area contributed by atoms with Crippen LogP contribution in [0.2, 0.25) is 0 Å². The lowest BCUT2D eigenvalue weighted by molar-refractivity contribution is -0.133. The number of allylic oxidation sites excluding steroid dienone is 2. The summed E-state index contributed by atoms with van der Waals surface area (Å²) in [6.45, 7) is 4.23. The number of nitriles is 1. The molecule has 11 heteroatoms. The number of amides is 1. The van der Waals surface area contributed by atoms with Crippen LogP contribution in [0, 0.1) is 35.4 Å². The van der Waals surface area contributed by atoms with E-state index in [9.17, 15) is 14.4 Å². The van der Waals surface area contributed by atoms with Crippen molar-refractivity contribution in [3.05, 3.63) is 22.5 Å². The van der Waals surface area contributed by atoms with Gasteiger partial charge in [0.05, 0.1) is 28.7 Å². The molecule has 0 saturated carbocycles. The molecule has 1 aromatic rings. The third-order valence-corrected chi connectivity index (χ3v) is 7.21. The number of guanidine groups is 1. The van der Waals surface area contributed by atoms with E-state index in [0.29, 0.717) is 24.4 Å². The van der Waals surface area contributed by atoms with Gasteiger partial charge in [0, 0.05) is 25.4 Å². The van der Waals surface area contributed by atoms with Gasteiger partial charge in [-0.15, -0.1) is 11.8 Å². The number of carbonyl (C=O) groups is 1. The Kier molecular flexibility index (Phi) is 5.05. The fraction of sp³-hybridized carbons (Fsp3) is 0.526. The van der Waals surface area contributed by atoms with Crippen molar-refractivity contribution in [1.29, 1.82) is 10.7 Å². The predicted octanol–water partition coefficient (Wildman–Crippen LogP) is 1.41. The zero-order valence-corrected chi connectivity index (χ0v) is 17.7. The smallest absolute Gasteiger partial charge is 0.255 e. The number of rotatable bonds is 4. The molecule has 4 heterocycles. The molecular weight excluding hydrogens is 409 g/mol. The maximum atomic E-state index is 14.3. The van der Waals surface area contributed by atoms with Crippen LogP contribution in [0.4, 0.5) is 10.3 Å². The van der Waals surface area contributed by atoms with Gasteiger partial charge in [-0.25, -0.2) is 4.98 Å². The van der Waals surface area contributed by atoms with Crippen molar-refractivity contribution < 1.29 is 13.9 Å². The molecule has 30 heavy (non-hydrogen) atoms. The summed E-state index contributed by atoms with van der Waals surface area (Å²) in [7, 11) is 1.57. The van der Waals surface area contributed by atoms with Crippen molar-refractivity contribution >= 4 is 29.6 Å². The Morgan fingerprint density at radius 3 is 2.97 bits per heavy atom. The Bertz CT molecular complexity index is 994. The minimum absolute atomic E-state index is 0.0234. The molecule has 1 unspecified atom stereocenters. The van der Waals surface area contributed by atoms with E-state index in [1.807, 2.05) is 11.0 Å². The minimum Gasteiger partial charge on any atom is -0.476 e. The van der Waals surface area contributed by atoms with E-state index in [1.165, 1.54) is 16.7 Å². The lowest BCUT2D eigenvalue weighted by Gasteiger charge is -2.46. The van der Waals surface area contributed by atoms with Crippen LogP contribution in [-0.4, -0.2) is 64.3 Å². The Morgan fingerprint density at radius 2 is 2.30 bits per heavy atom. The first-order valence-electron chi connectivity index (χ1n) is 9.63. The summed E-state index contributed by atoms with van der Waals surface area (Å²) in [6.07, 6.45) is 2.48. The Hall–Kier alpha value is -2.87. The van der Waals surface area contributed by atoms with Crippen molar-refractivity contribution in [2.24, 2.45) is 5.92 Å². The molecule has 0 radical (unpaired) electrons. The molecule has 0 bridgehead atoms. The Labute approximate surface area is 177 Å². The van der Waals surface area contributed by atoms with Crippen LogP contribution in [0.3, 0.4) is 0 Å². The van der Waals surface area contributed by atoms with Crippen LogP contribution in [-0.2, 0) is 4.79 Å². The second-order valence-corrected chi connectivity index (χ2v) is 8.77. The molecule has 1 amide bonds. The molecule has 2 saturated heterocycles. The maximum absolute atomic E-state index is 14.3. The standard InChI is InChI=1S/C19H22FN7O2S/c1-4-29-15-14(20)10(2)23-18(24-15)27-8-12-16(28)26(3)17(22)25-19(12,9-27)13-6-5-11(7-21)30-13/h5,12-13H,4,6,8-9H2,1-3H3,(H2,22,25)/t12-,13?,19-/m0/s1. The second-order valence-electron chi connectivity index (χ2n) is 7.53. The monoisotopic (exact) mass is 431 g/mol. The van der Waals surface area contributed by atoms with Crippen molar-refractivity contribution in [3.63, 3.8) is 0 Å². The molecule has 3 aliphatic rings. The van der Waals surface area contributed by atoms with Crippen LogP contribution in [0.25, 0.3) is 0 Å². The van der Waals surface area contributed by atoms with E-state index < -0.39 is 17.3 Å². The van der Waals surface area contributed by atoms with Crippen molar-refractivity contribution in [2.45, 2.75) is 31.1 Å². The molecule has 0 spiro atoms. The summed E-state index contributed by atoms with van der Waals surface area (Å²) in [5.41, 5.74) is -0.599. The van der Waals surface area contributed by atoms with Crippen molar-refractivity contribution in [2.75, 3.05) is 31.6 Å². The van der Waals surface area contributed by atoms with Gasteiger partial charge < -0.3 is 15.0 Å². The van der Waals surface area contributed by atoms with E-state index in [0.717, 1.165) is 0 Å². The van der Waals surface area contributed by atoms with Crippen LogP contribution < -0.4 is 15.0 Å². The van der Waals surface area contributed by atoms with Gasteiger partial charge in [0.2, 0.25) is 17.7 Å². The SMILES string of the molecule is CCOc1nc(N2C[C@H]3C(=O)N(C)C(=N)N[C@@]3(C3CC=C(C#N)S3)C2)nc(C)c1F. The number of thioether (sulfide) groups is 1. The van der Waals surface area contributed by atoms with E-state index >= 15 is 0 Å². The number of anilines is 1. The zero-order valence-electron chi connectivity index (χ0n) is 16.9. The molecule has 0 aliphatic carbocycles. The first kappa shape index (κ1) is 20.4. The van der Waals surface area contributed by atoms with Crippen LogP contribution in [0.5, 0.6) is 5.88 Å². The van der Waals surface area contributed by atoms with E-state index in [-0.39, 0.29) is 41.2 Å². The van der Waals surface area contributed by atoms with Gasteiger partial charge in [0.25, 0.3) is 5.88 Å². The molecule has 1 aromatic heterocycles. The van der Waals surface area contributed by atoms with E-state index in [4.69, 9.17) is 10.1 Å². The quantitative estimate of drug-likeness (QED) is 0.735. The molecule has 2 fully saturated rings. The number of hydrogen-bond donors (Lipinski definition) is 2. The van der Waals surface area contributed by atoms with Gasteiger partial charge in [-0.2, -0.15) is 14.6 Å². The number of nitrogens with zero attached hydrogens (tertiary/aromatic N) is 5. The highest BCUT2D eigenvalue weighted by Gasteiger charge is 2.60. The largest absolute Gasteiger partial charge is 0.476 e. The number of hydrogen-bond acceptors (Lipinski definition) is 8. The van der Waals surface area contributed by atoms with Gasteiger partial charge in [0.1, 0.15) is 6.07 Å². The maximum Gasteiger partial charge on any atom is 0.255 e. The fourth-order valence-electron chi connectivity index (χ4n) is 4.25. The molecule has 9 nitrogen and oxygen atoms in total. The molecule has 3 atom stereocenters. The molecule has 4 rings (SSSR count). The van der Waals surface area contributed by atoms with Gasteiger partial charge >= 0.3 is 0 Å². The Balaban J connectivity index is 1.72. The first-order chi connectivity index (χ1) is 14.3. The topological polar surface area (TPSA) is 118 Å². The molecule has 158 valence electrons. The van der Waals surface area contributed by atoms with Gasteiger partial charge in [-0.3, -0.25) is 15.1 Å². The average Bonchev–Trinajstić information content (AvgIpc) is 3.35. The van der Waals surface area contributed by atoms with E-state index in [2.05, 4.69) is 21.4 Å². The van der Waals surface area contributed by atoms with Crippen LogP contribution in [0.1, 0.15) is 19.0 Å².